The second kappa shape index (κ2) is 8.27. The van der Waals surface area contributed by atoms with Gasteiger partial charge in [-0.25, -0.2) is 14.1 Å². The van der Waals surface area contributed by atoms with Crippen molar-refractivity contribution in [3.63, 3.8) is 0 Å². The smallest absolute Gasteiger partial charge is 0.262 e. The summed E-state index contributed by atoms with van der Waals surface area (Å²) in [6.07, 6.45) is 1.46. The molecule has 146 valence electrons. The number of fused-ring (bicyclic) bond motifs is 1. The van der Waals surface area contributed by atoms with Crippen molar-refractivity contribution in [3.8, 4) is 5.69 Å². The lowest BCUT2D eigenvalue weighted by molar-refractivity contribution is -0.118. The van der Waals surface area contributed by atoms with Gasteiger partial charge in [-0.1, -0.05) is 48.2 Å². The lowest BCUT2D eigenvalue weighted by Crippen LogP contribution is -2.25. The van der Waals surface area contributed by atoms with Gasteiger partial charge < -0.3 is 10.3 Å². The summed E-state index contributed by atoms with van der Waals surface area (Å²) in [5.41, 5.74) is 1.27. The molecule has 0 radical (unpaired) electrons. The van der Waals surface area contributed by atoms with Crippen LogP contribution in [0.1, 0.15) is 5.56 Å². The van der Waals surface area contributed by atoms with E-state index in [4.69, 9.17) is 0 Å². The molecule has 9 heteroatoms. The van der Waals surface area contributed by atoms with Gasteiger partial charge in [-0.15, -0.1) is 0 Å². The lowest BCUT2D eigenvalue weighted by atomic mass is 10.2. The van der Waals surface area contributed by atoms with Crippen LogP contribution < -0.4 is 10.9 Å². The molecule has 0 aliphatic heterocycles. The predicted molar refractivity (Wildman–Crippen MR) is 108 cm³/mol. The van der Waals surface area contributed by atoms with Gasteiger partial charge in [-0.3, -0.25) is 9.59 Å². The van der Waals surface area contributed by atoms with E-state index in [-0.39, 0.29) is 29.6 Å². The number of H-pyrrole nitrogens is 1. The van der Waals surface area contributed by atoms with E-state index in [1.165, 1.54) is 12.3 Å². The summed E-state index contributed by atoms with van der Waals surface area (Å²) < 4.78 is 15.2. The fourth-order valence-electron chi connectivity index (χ4n) is 2.75. The number of aromatic nitrogens is 4. The van der Waals surface area contributed by atoms with Crippen LogP contribution in [0.2, 0.25) is 0 Å². The van der Waals surface area contributed by atoms with Crippen molar-refractivity contribution < 1.29 is 9.18 Å². The first kappa shape index (κ1) is 18.9. The quantitative estimate of drug-likeness (QED) is 0.377. The molecule has 4 rings (SSSR count). The maximum atomic E-state index is 13.6. The molecule has 0 spiro atoms. The van der Waals surface area contributed by atoms with E-state index in [9.17, 15) is 14.0 Å². The van der Waals surface area contributed by atoms with E-state index in [2.05, 4.69) is 20.4 Å². The molecule has 4 aromatic rings. The highest BCUT2D eigenvalue weighted by Gasteiger charge is 2.13. The Labute approximate surface area is 169 Å². The zero-order valence-electron chi connectivity index (χ0n) is 15.1. The Balaban J connectivity index is 1.47. The van der Waals surface area contributed by atoms with Crippen LogP contribution in [0.15, 0.2) is 70.7 Å². The third kappa shape index (κ3) is 4.19. The number of carbonyl (C=O) groups excluding carboxylic acids is 1. The van der Waals surface area contributed by atoms with E-state index in [1.807, 2.05) is 30.3 Å². The van der Waals surface area contributed by atoms with Gasteiger partial charge in [0.1, 0.15) is 11.2 Å². The van der Waals surface area contributed by atoms with Crippen molar-refractivity contribution >= 4 is 28.7 Å². The number of nitrogens with zero attached hydrogens (tertiary/aromatic N) is 3. The van der Waals surface area contributed by atoms with Crippen molar-refractivity contribution in [2.45, 2.75) is 11.7 Å². The molecule has 0 aliphatic carbocycles. The number of para-hydroxylation sites is 1. The van der Waals surface area contributed by atoms with Crippen LogP contribution in [0.4, 0.5) is 4.39 Å². The fraction of sp³-hybridized carbons (Fsp3) is 0.100. The lowest BCUT2D eigenvalue weighted by Gasteiger charge is -2.06. The number of halogens is 1. The number of amides is 1. The number of hydrogen-bond acceptors (Lipinski definition) is 5. The Morgan fingerprint density at radius 3 is 2.69 bits per heavy atom. The fourth-order valence-corrected chi connectivity index (χ4v) is 3.43. The number of aromatic amines is 1. The average molecular weight is 409 g/mol. The Kier molecular flexibility index (Phi) is 5.39. The Bertz CT molecular complexity index is 1220. The Hall–Kier alpha value is -3.46. The first-order valence-electron chi connectivity index (χ1n) is 8.78. The molecule has 2 aromatic heterocycles. The normalized spacial score (nSPS) is 10.9. The third-order valence-electron chi connectivity index (χ3n) is 4.19. The van der Waals surface area contributed by atoms with Crippen LogP contribution in [-0.4, -0.2) is 31.4 Å². The number of carbonyl (C=O) groups is 1. The van der Waals surface area contributed by atoms with Crippen molar-refractivity contribution in [1.29, 1.82) is 0 Å². The molecule has 0 saturated heterocycles. The van der Waals surface area contributed by atoms with Gasteiger partial charge in [0.2, 0.25) is 5.91 Å². The summed E-state index contributed by atoms with van der Waals surface area (Å²) in [7, 11) is 0. The molecule has 0 atom stereocenters. The zero-order valence-corrected chi connectivity index (χ0v) is 15.9. The Morgan fingerprint density at radius 2 is 1.90 bits per heavy atom. The van der Waals surface area contributed by atoms with Crippen LogP contribution in [0.3, 0.4) is 0 Å². The van der Waals surface area contributed by atoms with Crippen LogP contribution in [-0.2, 0) is 11.3 Å². The van der Waals surface area contributed by atoms with Gasteiger partial charge in [0, 0.05) is 12.1 Å². The average Bonchev–Trinajstić information content (AvgIpc) is 3.17. The zero-order chi connectivity index (χ0) is 20.2. The van der Waals surface area contributed by atoms with Gasteiger partial charge in [0.15, 0.2) is 10.8 Å². The summed E-state index contributed by atoms with van der Waals surface area (Å²) in [6, 6.07) is 15.6. The van der Waals surface area contributed by atoms with E-state index in [1.54, 1.807) is 22.9 Å². The maximum absolute atomic E-state index is 13.6. The minimum Gasteiger partial charge on any atom is -0.351 e. The highest BCUT2D eigenvalue weighted by atomic mass is 32.2. The summed E-state index contributed by atoms with van der Waals surface area (Å²) >= 11 is 1.09. The van der Waals surface area contributed by atoms with Crippen LogP contribution in [0.5, 0.6) is 0 Å². The van der Waals surface area contributed by atoms with Gasteiger partial charge in [0.05, 0.1) is 17.6 Å². The second-order valence-corrected chi connectivity index (χ2v) is 7.12. The van der Waals surface area contributed by atoms with E-state index >= 15 is 0 Å². The third-order valence-corrected chi connectivity index (χ3v) is 5.06. The molecule has 0 bridgehead atoms. The number of thioether (sulfide) groups is 1. The van der Waals surface area contributed by atoms with Crippen molar-refractivity contribution in [3.05, 3.63) is 82.5 Å². The van der Waals surface area contributed by atoms with Gasteiger partial charge in [0.25, 0.3) is 5.56 Å². The highest BCUT2D eigenvalue weighted by molar-refractivity contribution is 7.99. The van der Waals surface area contributed by atoms with Gasteiger partial charge in [-0.05, 0) is 18.2 Å². The number of nitrogens with one attached hydrogen (secondary N) is 2. The van der Waals surface area contributed by atoms with E-state index in [0.717, 1.165) is 17.4 Å². The number of benzene rings is 2. The van der Waals surface area contributed by atoms with E-state index in [0.29, 0.717) is 21.8 Å². The van der Waals surface area contributed by atoms with Crippen LogP contribution >= 0.6 is 11.8 Å². The van der Waals surface area contributed by atoms with Gasteiger partial charge >= 0.3 is 0 Å². The molecule has 0 unspecified atom stereocenters. The molecule has 29 heavy (non-hydrogen) atoms. The maximum Gasteiger partial charge on any atom is 0.262 e. The van der Waals surface area contributed by atoms with Crippen LogP contribution in [0.25, 0.3) is 16.7 Å². The van der Waals surface area contributed by atoms with Crippen molar-refractivity contribution in [2.24, 2.45) is 0 Å². The van der Waals surface area contributed by atoms with E-state index < -0.39 is 0 Å². The molecule has 2 aromatic carbocycles. The molecule has 7 nitrogen and oxygen atoms in total. The molecular formula is C20H16FN5O2S. The van der Waals surface area contributed by atoms with Crippen molar-refractivity contribution in [1.82, 2.24) is 25.1 Å². The molecule has 1 amide bonds. The monoisotopic (exact) mass is 409 g/mol. The van der Waals surface area contributed by atoms with Crippen molar-refractivity contribution in [2.75, 3.05) is 5.75 Å². The van der Waals surface area contributed by atoms with Crippen LogP contribution in [0, 0.1) is 5.82 Å². The summed E-state index contributed by atoms with van der Waals surface area (Å²) in [4.78, 5) is 31.5. The molecular weight excluding hydrogens is 393 g/mol. The summed E-state index contributed by atoms with van der Waals surface area (Å²) in [5.74, 6) is -0.633. The molecule has 2 heterocycles. The summed E-state index contributed by atoms with van der Waals surface area (Å²) in [6.45, 7) is 0.0931. The molecule has 0 saturated carbocycles. The largest absolute Gasteiger partial charge is 0.351 e. The SMILES string of the molecule is O=C(CSc1nc2c(cnn2-c2ccccc2)c(=O)[nH]1)NCc1ccccc1F. The standard InChI is InChI=1S/C20H16FN5O2S/c21-16-9-5-4-6-13(16)10-22-17(27)12-29-20-24-18-15(19(28)25-20)11-23-26(18)14-7-2-1-3-8-14/h1-9,11H,10,12H2,(H,22,27)(H,24,25,28). The first-order chi connectivity index (χ1) is 14.1. The Morgan fingerprint density at radius 1 is 1.14 bits per heavy atom. The summed E-state index contributed by atoms with van der Waals surface area (Å²) in [5, 5.41) is 7.57. The highest BCUT2D eigenvalue weighted by Crippen LogP contribution is 2.17. The minimum absolute atomic E-state index is 0.0301. The number of rotatable bonds is 6. The first-order valence-corrected chi connectivity index (χ1v) is 9.77. The molecule has 0 aliphatic rings. The molecule has 2 N–H and O–H groups in total. The second-order valence-electron chi connectivity index (χ2n) is 6.16. The van der Waals surface area contributed by atoms with Gasteiger partial charge in [-0.2, -0.15) is 5.10 Å². The minimum atomic E-state index is -0.369. The number of hydrogen-bond donors (Lipinski definition) is 2. The molecule has 0 fully saturated rings. The topological polar surface area (TPSA) is 92.7 Å². The predicted octanol–water partition coefficient (Wildman–Crippen LogP) is 2.66.